The summed E-state index contributed by atoms with van der Waals surface area (Å²) in [7, 11) is 2.03. The van der Waals surface area contributed by atoms with Gasteiger partial charge in [-0.2, -0.15) is 0 Å². The number of thioether (sulfide) groups is 1. The molecule has 0 aliphatic carbocycles. The number of likely N-dealkylation sites (N-methyl/N-ethyl adjacent to an activating group) is 1. The van der Waals surface area contributed by atoms with Crippen molar-refractivity contribution in [1.82, 2.24) is 20.2 Å². The summed E-state index contributed by atoms with van der Waals surface area (Å²) < 4.78 is 14.8. The third-order valence-electron chi connectivity index (χ3n) is 4.24. The number of benzene rings is 1. The highest BCUT2D eigenvalue weighted by Gasteiger charge is 2.34. The van der Waals surface area contributed by atoms with Gasteiger partial charge in [-0.15, -0.1) is 0 Å². The summed E-state index contributed by atoms with van der Waals surface area (Å²) >= 11 is 9.58. The lowest BCUT2D eigenvalue weighted by Crippen LogP contribution is -2.54. The van der Waals surface area contributed by atoms with Crippen molar-refractivity contribution in [3.8, 4) is 0 Å². The number of carbonyl (C=O) groups is 2. The Bertz CT molecular complexity index is 792. The summed E-state index contributed by atoms with van der Waals surface area (Å²) in [6, 6.07) is 4.59. The molecule has 0 atom stereocenters. The van der Waals surface area contributed by atoms with Gasteiger partial charge in [0.1, 0.15) is 16.7 Å². The number of nitrogens with one attached hydrogen (secondary N) is 1. The number of carbonyl (C=O) groups excluding carboxylic acids is 2. The van der Waals surface area contributed by atoms with E-state index in [0.717, 1.165) is 37.9 Å². The van der Waals surface area contributed by atoms with Gasteiger partial charge < -0.3 is 4.90 Å². The van der Waals surface area contributed by atoms with Crippen LogP contribution in [0, 0.1) is 5.82 Å². The molecule has 0 bridgehead atoms. The van der Waals surface area contributed by atoms with E-state index in [2.05, 4.69) is 26.3 Å². The first-order valence-corrected chi connectivity index (χ1v) is 10.3. The van der Waals surface area contributed by atoms with Gasteiger partial charge >= 0.3 is 0 Å². The fraction of sp³-hybridized carbons (Fsp3) is 0.353. The molecule has 2 heterocycles. The fourth-order valence-electron chi connectivity index (χ4n) is 2.69. The third-order valence-corrected chi connectivity index (χ3v) is 6.31. The Hall–Kier alpha value is -1.33. The summed E-state index contributed by atoms with van der Waals surface area (Å²) in [6.07, 6.45) is 1.46. The largest absolute Gasteiger partial charge is 0.304 e. The standard InChI is InChI=1S/C17H18BrFN4O2S2/c1-21-5-7-22(8-6-21)20-15(24)10-23-16(25)14(27-17(23)26)9-11-12(18)3-2-4-13(11)19/h2-4,9H,5-8,10H2,1H3,(H,20,24)/b14-9-. The molecule has 2 saturated heterocycles. The topological polar surface area (TPSA) is 55.9 Å². The average molecular weight is 473 g/mol. The Kier molecular flexibility index (Phi) is 6.64. The molecule has 2 aliphatic rings. The van der Waals surface area contributed by atoms with Crippen molar-refractivity contribution in [1.29, 1.82) is 0 Å². The van der Waals surface area contributed by atoms with Gasteiger partial charge in [0.15, 0.2) is 0 Å². The first kappa shape index (κ1) is 20.4. The molecule has 0 radical (unpaired) electrons. The number of hydrogen-bond acceptors (Lipinski definition) is 6. The Morgan fingerprint density at radius 1 is 1.37 bits per heavy atom. The quantitative estimate of drug-likeness (QED) is 0.534. The van der Waals surface area contributed by atoms with E-state index in [9.17, 15) is 14.0 Å². The van der Waals surface area contributed by atoms with Gasteiger partial charge in [0.2, 0.25) is 0 Å². The van der Waals surface area contributed by atoms with Crippen molar-refractivity contribution in [2.45, 2.75) is 0 Å². The molecular weight excluding hydrogens is 455 g/mol. The van der Waals surface area contributed by atoms with Gasteiger partial charge in [-0.05, 0) is 25.3 Å². The second-order valence-electron chi connectivity index (χ2n) is 6.23. The first-order chi connectivity index (χ1) is 12.8. The number of rotatable bonds is 4. The Balaban J connectivity index is 1.66. The zero-order chi connectivity index (χ0) is 19.6. The molecule has 6 nitrogen and oxygen atoms in total. The second-order valence-corrected chi connectivity index (χ2v) is 8.76. The number of piperazine rings is 1. The van der Waals surface area contributed by atoms with E-state index in [4.69, 9.17) is 12.2 Å². The molecule has 1 N–H and O–H groups in total. The van der Waals surface area contributed by atoms with Crippen molar-refractivity contribution in [3.05, 3.63) is 39.0 Å². The molecule has 0 unspecified atom stereocenters. The monoisotopic (exact) mass is 472 g/mol. The van der Waals surface area contributed by atoms with Gasteiger partial charge in [0.05, 0.1) is 4.91 Å². The minimum Gasteiger partial charge on any atom is -0.304 e. The van der Waals surface area contributed by atoms with Gasteiger partial charge in [0.25, 0.3) is 11.8 Å². The molecule has 144 valence electrons. The lowest BCUT2D eigenvalue weighted by molar-refractivity contribution is -0.132. The van der Waals surface area contributed by atoms with Crippen molar-refractivity contribution in [3.63, 3.8) is 0 Å². The molecule has 0 aromatic heterocycles. The molecule has 0 spiro atoms. The number of hydrogen-bond donors (Lipinski definition) is 1. The highest BCUT2D eigenvalue weighted by atomic mass is 79.9. The summed E-state index contributed by atoms with van der Waals surface area (Å²) in [5, 5.41) is 1.84. The van der Waals surface area contributed by atoms with Crippen LogP contribution in [0.1, 0.15) is 5.56 Å². The summed E-state index contributed by atoms with van der Waals surface area (Å²) in [6.45, 7) is 3.01. The predicted octanol–water partition coefficient (Wildman–Crippen LogP) is 2.07. The van der Waals surface area contributed by atoms with E-state index in [-0.39, 0.29) is 27.2 Å². The SMILES string of the molecule is CN1CCN(NC(=O)CN2C(=O)/C(=C/c3c(F)cccc3Br)SC2=S)CC1. The van der Waals surface area contributed by atoms with E-state index in [0.29, 0.717) is 4.47 Å². The maximum Gasteiger partial charge on any atom is 0.266 e. The number of amides is 2. The van der Waals surface area contributed by atoms with E-state index >= 15 is 0 Å². The van der Waals surface area contributed by atoms with Gasteiger partial charge in [0, 0.05) is 36.2 Å². The van der Waals surface area contributed by atoms with E-state index < -0.39 is 11.7 Å². The molecule has 1 aromatic carbocycles. The van der Waals surface area contributed by atoms with Gasteiger partial charge in [-0.1, -0.05) is 46.0 Å². The highest BCUT2D eigenvalue weighted by molar-refractivity contribution is 9.10. The van der Waals surface area contributed by atoms with Crippen LogP contribution in [0.15, 0.2) is 27.6 Å². The number of halogens is 2. The minimum absolute atomic E-state index is 0.160. The highest BCUT2D eigenvalue weighted by Crippen LogP contribution is 2.34. The summed E-state index contributed by atoms with van der Waals surface area (Å²) in [4.78, 5) is 28.6. The van der Waals surface area contributed by atoms with Crippen LogP contribution in [0.3, 0.4) is 0 Å². The smallest absolute Gasteiger partial charge is 0.266 e. The molecule has 10 heteroatoms. The van der Waals surface area contributed by atoms with Crippen molar-refractivity contribution >= 4 is 62.1 Å². The zero-order valence-electron chi connectivity index (χ0n) is 14.6. The molecule has 1 aromatic rings. The first-order valence-electron chi connectivity index (χ1n) is 8.27. The Morgan fingerprint density at radius 2 is 2.07 bits per heavy atom. The summed E-state index contributed by atoms with van der Waals surface area (Å²) in [5.74, 6) is -1.14. The van der Waals surface area contributed by atoms with Crippen LogP contribution in [0.4, 0.5) is 4.39 Å². The van der Waals surface area contributed by atoms with Crippen molar-refractivity contribution in [2.75, 3.05) is 39.8 Å². The maximum absolute atomic E-state index is 14.0. The second kappa shape index (κ2) is 8.78. The fourth-order valence-corrected chi connectivity index (χ4v) is 4.38. The van der Waals surface area contributed by atoms with Crippen molar-refractivity contribution < 1.29 is 14.0 Å². The van der Waals surface area contributed by atoms with E-state index in [1.165, 1.54) is 17.0 Å². The summed E-state index contributed by atoms with van der Waals surface area (Å²) in [5.41, 5.74) is 3.09. The lowest BCUT2D eigenvalue weighted by atomic mass is 10.2. The lowest BCUT2D eigenvalue weighted by Gasteiger charge is -2.32. The van der Waals surface area contributed by atoms with Gasteiger partial charge in [-0.25, -0.2) is 9.40 Å². The van der Waals surface area contributed by atoms with Crippen LogP contribution < -0.4 is 5.43 Å². The molecular formula is C17H18BrFN4O2S2. The minimum atomic E-state index is -0.442. The normalized spacial score (nSPS) is 20.6. The van der Waals surface area contributed by atoms with E-state index in [1.54, 1.807) is 12.1 Å². The number of nitrogens with zero attached hydrogens (tertiary/aromatic N) is 3. The predicted molar refractivity (Wildman–Crippen MR) is 111 cm³/mol. The number of thiocarbonyl (C=S) groups is 1. The van der Waals surface area contributed by atoms with Gasteiger partial charge in [-0.3, -0.25) is 19.9 Å². The Morgan fingerprint density at radius 3 is 2.74 bits per heavy atom. The zero-order valence-corrected chi connectivity index (χ0v) is 17.8. The van der Waals surface area contributed by atoms with Crippen LogP contribution in [0.2, 0.25) is 0 Å². The average Bonchev–Trinajstić information content (AvgIpc) is 2.88. The molecule has 27 heavy (non-hydrogen) atoms. The molecule has 0 saturated carbocycles. The molecule has 2 amide bonds. The van der Waals surface area contributed by atoms with Crippen LogP contribution in [0.25, 0.3) is 6.08 Å². The van der Waals surface area contributed by atoms with Crippen LogP contribution >= 0.6 is 39.9 Å². The Labute approximate surface area is 174 Å². The van der Waals surface area contributed by atoms with Crippen LogP contribution in [-0.4, -0.2) is 70.7 Å². The molecule has 3 rings (SSSR count). The third kappa shape index (κ3) is 4.94. The maximum atomic E-state index is 14.0. The van der Waals surface area contributed by atoms with Crippen molar-refractivity contribution in [2.24, 2.45) is 0 Å². The molecule has 2 aliphatic heterocycles. The van der Waals surface area contributed by atoms with E-state index in [1.807, 2.05) is 12.1 Å². The molecule has 2 fully saturated rings. The van der Waals surface area contributed by atoms with Crippen LogP contribution in [-0.2, 0) is 9.59 Å². The van der Waals surface area contributed by atoms with Crippen LogP contribution in [0.5, 0.6) is 0 Å². The number of hydrazine groups is 1.